The third kappa shape index (κ3) is 4.15. The molecule has 0 spiro atoms. The highest BCUT2D eigenvalue weighted by atomic mass is 35.5. The number of halogens is 2. The number of rotatable bonds is 3. The summed E-state index contributed by atoms with van der Waals surface area (Å²) < 4.78 is 12.3. The van der Waals surface area contributed by atoms with Crippen molar-refractivity contribution in [1.29, 1.82) is 0 Å². The van der Waals surface area contributed by atoms with Gasteiger partial charge < -0.3 is 23.0 Å². The van der Waals surface area contributed by atoms with E-state index < -0.39 is 5.95 Å². The molecule has 0 saturated carbocycles. The summed E-state index contributed by atoms with van der Waals surface area (Å²) >= 11 is 0. The molecule has 0 aliphatic heterocycles. The lowest BCUT2D eigenvalue weighted by Crippen LogP contribution is -3.00. The Hall–Kier alpha value is -1.20. The van der Waals surface area contributed by atoms with Crippen molar-refractivity contribution in [3.8, 4) is 0 Å². The molecule has 0 atom stereocenters. The molecule has 0 bridgehead atoms. The molecular formula is C8H11ClFN3O. The van der Waals surface area contributed by atoms with Crippen molar-refractivity contribution in [2.45, 2.75) is 0 Å². The molecule has 3 N–H and O–H groups in total. The topological polar surface area (TPSA) is 58.6 Å². The van der Waals surface area contributed by atoms with E-state index in [1.54, 1.807) is 12.4 Å². The summed E-state index contributed by atoms with van der Waals surface area (Å²) in [5, 5.41) is 4.31. The van der Waals surface area contributed by atoms with Crippen LogP contribution in [0.5, 0.6) is 0 Å². The van der Waals surface area contributed by atoms with E-state index in [9.17, 15) is 9.18 Å². The first-order valence-electron chi connectivity index (χ1n) is 3.91. The van der Waals surface area contributed by atoms with Crippen molar-refractivity contribution in [3.05, 3.63) is 24.3 Å². The van der Waals surface area contributed by atoms with Gasteiger partial charge in [0.25, 0.3) is 5.91 Å². The number of carbonyl (C=O) groups excluding carboxylic acids is 1. The zero-order valence-corrected chi connectivity index (χ0v) is 8.38. The molecule has 0 aliphatic rings. The highest BCUT2D eigenvalue weighted by Crippen LogP contribution is 2.03. The Morgan fingerprint density at radius 1 is 1.64 bits per heavy atom. The molecule has 0 aromatic carbocycles. The van der Waals surface area contributed by atoms with Crippen molar-refractivity contribution in [1.82, 2.24) is 4.98 Å². The van der Waals surface area contributed by atoms with E-state index in [4.69, 9.17) is 0 Å². The quantitative estimate of drug-likeness (QED) is 0.516. The zero-order chi connectivity index (χ0) is 9.68. The van der Waals surface area contributed by atoms with Crippen LogP contribution >= 0.6 is 0 Å². The lowest BCUT2D eigenvalue weighted by atomic mass is 10.4. The molecule has 4 nitrogen and oxygen atoms in total. The van der Waals surface area contributed by atoms with E-state index >= 15 is 0 Å². The van der Waals surface area contributed by atoms with Gasteiger partial charge in [-0.1, -0.05) is 0 Å². The highest BCUT2D eigenvalue weighted by Gasteiger charge is 2.02. The Bertz CT molecular complexity index is 291. The lowest BCUT2D eigenvalue weighted by molar-refractivity contribution is -0.615. The van der Waals surface area contributed by atoms with E-state index in [1.807, 2.05) is 0 Å². The molecule has 0 radical (unpaired) electrons. The fraction of sp³-hybridized carbons (Fsp3) is 0.250. The van der Waals surface area contributed by atoms with E-state index in [0.717, 1.165) is 0 Å². The molecule has 1 aromatic heterocycles. The lowest BCUT2D eigenvalue weighted by Gasteiger charge is -2.01. The van der Waals surface area contributed by atoms with E-state index in [2.05, 4.69) is 10.3 Å². The molecule has 0 aliphatic carbocycles. The SMILES string of the molecule is C[NH2+]CC(=O)Nc1ccc(F)nc1.[Cl-]. The minimum Gasteiger partial charge on any atom is -1.00 e. The van der Waals surface area contributed by atoms with Crippen molar-refractivity contribution in [3.63, 3.8) is 0 Å². The molecule has 6 heteroatoms. The van der Waals surface area contributed by atoms with Gasteiger partial charge in [-0.25, -0.2) is 4.98 Å². The van der Waals surface area contributed by atoms with Gasteiger partial charge in [0.15, 0.2) is 6.54 Å². The van der Waals surface area contributed by atoms with Gasteiger partial charge in [-0.15, -0.1) is 0 Å². The molecule has 0 fully saturated rings. The summed E-state index contributed by atoms with van der Waals surface area (Å²) in [7, 11) is 1.79. The third-order valence-electron chi connectivity index (χ3n) is 1.40. The first-order valence-corrected chi connectivity index (χ1v) is 3.91. The number of aromatic nitrogens is 1. The van der Waals surface area contributed by atoms with E-state index in [-0.39, 0.29) is 18.3 Å². The van der Waals surface area contributed by atoms with Gasteiger partial charge in [-0.05, 0) is 12.1 Å². The standard InChI is InChI=1S/C8H10FN3O.ClH/c1-10-5-8(13)12-6-2-3-7(9)11-4-6;/h2-4,10H,5H2,1H3,(H,12,13);1H. The molecule has 0 saturated heterocycles. The van der Waals surface area contributed by atoms with E-state index in [0.29, 0.717) is 12.2 Å². The van der Waals surface area contributed by atoms with Gasteiger partial charge in [0.1, 0.15) is 0 Å². The average molecular weight is 220 g/mol. The van der Waals surface area contributed by atoms with Crippen molar-refractivity contribution < 1.29 is 26.9 Å². The predicted molar refractivity (Wildman–Crippen MR) is 45.5 cm³/mol. The van der Waals surface area contributed by atoms with Gasteiger partial charge in [0.05, 0.1) is 18.9 Å². The molecule has 1 rings (SSSR count). The molecule has 0 unspecified atom stereocenters. The monoisotopic (exact) mass is 219 g/mol. The zero-order valence-electron chi connectivity index (χ0n) is 7.63. The molecule has 1 amide bonds. The molecule has 14 heavy (non-hydrogen) atoms. The summed E-state index contributed by atoms with van der Waals surface area (Å²) in [6, 6.07) is 2.67. The molecule has 1 heterocycles. The van der Waals surface area contributed by atoms with Crippen LogP contribution < -0.4 is 23.0 Å². The molecular weight excluding hydrogens is 209 g/mol. The Labute approximate surface area is 87.3 Å². The minimum absolute atomic E-state index is 0. The fourth-order valence-electron chi connectivity index (χ4n) is 0.847. The molecule has 78 valence electrons. The van der Waals surface area contributed by atoms with Gasteiger partial charge in [0, 0.05) is 0 Å². The van der Waals surface area contributed by atoms with Crippen LogP contribution in [0.25, 0.3) is 0 Å². The summed E-state index contributed by atoms with van der Waals surface area (Å²) in [6.45, 7) is 0.345. The Morgan fingerprint density at radius 3 is 2.86 bits per heavy atom. The van der Waals surface area contributed by atoms with Gasteiger partial charge >= 0.3 is 0 Å². The number of nitrogens with one attached hydrogen (secondary N) is 1. The highest BCUT2D eigenvalue weighted by molar-refractivity contribution is 5.91. The van der Waals surface area contributed by atoms with Gasteiger partial charge in [-0.2, -0.15) is 4.39 Å². The number of quaternary nitrogens is 1. The first-order chi connectivity index (χ1) is 6.22. The van der Waals surface area contributed by atoms with Crippen LogP contribution in [0, 0.1) is 5.95 Å². The fourth-order valence-corrected chi connectivity index (χ4v) is 0.847. The van der Waals surface area contributed by atoms with Crippen LogP contribution in [0.1, 0.15) is 0 Å². The smallest absolute Gasteiger partial charge is 0.279 e. The number of likely N-dealkylation sites (N-methyl/N-ethyl adjacent to an activating group) is 1. The number of anilines is 1. The minimum atomic E-state index is -0.556. The Balaban J connectivity index is 0.00000169. The summed E-state index contributed by atoms with van der Waals surface area (Å²) in [5.41, 5.74) is 0.508. The van der Waals surface area contributed by atoms with Crippen LogP contribution in [0.4, 0.5) is 10.1 Å². The van der Waals surface area contributed by atoms with E-state index in [1.165, 1.54) is 18.3 Å². The number of hydrogen-bond acceptors (Lipinski definition) is 2. The molecule has 1 aromatic rings. The average Bonchev–Trinajstić information content (AvgIpc) is 2.09. The summed E-state index contributed by atoms with van der Waals surface area (Å²) in [6.07, 6.45) is 1.28. The first kappa shape index (κ1) is 12.8. The predicted octanol–water partition coefficient (Wildman–Crippen LogP) is -3.64. The third-order valence-corrected chi connectivity index (χ3v) is 1.40. The number of carbonyl (C=O) groups is 1. The van der Waals surface area contributed by atoms with Gasteiger partial charge in [-0.3, -0.25) is 4.79 Å². The number of nitrogens with zero attached hydrogens (tertiary/aromatic N) is 1. The normalized spacial score (nSPS) is 9.00. The second kappa shape index (κ2) is 6.28. The maximum Gasteiger partial charge on any atom is 0.279 e. The Kier molecular flexibility index (Phi) is 5.74. The van der Waals surface area contributed by atoms with Crippen molar-refractivity contribution >= 4 is 11.6 Å². The number of amides is 1. The number of pyridine rings is 1. The van der Waals surface area contributed by atoms with Gasteiger partial charge in [0.2, 0.25) is 5.95 Å². The van der Waals surface area contributed by atoms with Crippen LogP contribution in [0.3, 0.4) is 0 Å². The van der Waals surface area contributed by atoms with Crippen molar-refractivity contribution in [2.75, 3.05) is 18.9 Å². The van der Waals surface area contributed by atoms with Crippen molar-refractivity contribution in [2.24, 2.45) is 0 Å². The van der Waals surface area contributed by atoms with Crippen LogP contribution in [0.15, 0.2) is 18.3 Å². The maximum absolute atomic E-state index is 12.3. The number of hydrogen-bond donors (Lipinski definition) is 2. The van der Waals surface area contributed by atoms with Crippen LogP contribution in [0.2, 0.25) is 0 Å². The summed E-state index contributed by atoms with van der Waals surface area (Å²) in [4.78, 5) is 14.4. The van der Waals surface area contributed by atoms with Crippen LogP contribution in [-0.2, 0) is 4.79 Å². The second-order valence-corrected chi connectivity index (χ2v) is 2.53. The summed E-state index contributed by atoms with van der Waals surface area (Å²) in [5.74, 6) is -0.684. The number of nitrogens with two attached hydrogens (primary N) is 1. The second-order valence-electron chi connectivity index (χ2n) is 2.53. The van der Waals surface area contributed by atoms with Crippen LogP contribution in [-0.4, -0.2) is 24.5 Å². The maximum atomic E-state index is 12.3. The Morgan fingerprint density at radius 2 is 2.36 bits per heavy atom. The largest absolute Gasteiger partial charge is 1.00 e.